The highest BCUT2D eigenvalue weighted by molar-refractivity contribution is 5.95. The highest BCUT2D eigenvalue weighted by Gasteiger charge is 2.37. The number of ether oxygens (including phenoxy) is 1. The summed E-state index contributed by atoms with van der Waals surface area (Å²) < 4.78 is 10.7. The van der Waals surface area contributed by atoms with Gasteiger partial charge >= 0.3 is 5.97 Å². The van der Waals surface area contributed by atoms with Gasteiger partial charge in [0.1, 0.15) is 6.04 Å². The van der Waals surface area contributed by atoms with Gasteiger partial charge in [0.25, 0.3) is 11.8 Å². The van der Waals surface area contributed by atoms with Crippen molar-refractivity contribution in [3.63, 3.8) is 0 Å². The minimum Gasteiger partial charge on any atom is -0.459 e. The minimum absolute atomic E-state index is 0.151. The molecule has 2 aromatic heterocycles. The molecule has 5 rings (SSSR count). The molecule has 0 bridgehead atoms. The molecule has 1 fully saturated rings. The van der Waals surface area contributed by atoms with Gasteiger partial charge < -0.3 is 23.9 Å². The van der Waals surface area contributed by atoms with Gasteiger partial charge in [0.2, 0.25) is 5.95 Å². The summed E-state index contributed by atoms with van der Waals surface area (Å²) in [5, 5.41) is 0. The van der Waals surface area contributed by atoms with E-state index in [0.717, 1.165) is 11.1 Å². The number of rotatable bonds is 5. The zero-order valence-corrected chi connectivity index (χ0v) is 19.1. The molecule has 2 amide bonds. The molecule has 0 N–H and O–H groups in total. The first-order chi connectivity index (χ1) is 17.1. The fourth-order valence-corrected chi connectivity index (χ4v) is 4.42. The van der Waals surface area contributed by atoms with Crippen LogP contribution in [0.1, 0.15) is 21.7 Å². The Kier molecular flexibility index (Phi) is 6.42. The predicted molar refractivity (Wildman–Crippen MR) is 124 cm³/mol. The van der Waals surface area contributed by atoms with E-state index in [2.05, 4.69) is 9.97 Å². The Hall–Kier alpha value is -4.21. The number of piperazine rings is 1. The van der Waals surface area contributed by atoms with Crippen LogP contribution in [0, 0.1) is 0 Å². The van der Waals surface area contributed by atoms with E-state index in [-0.39, 0.29) is 24.8 Å². The van der Waals surface area contributed by atoms with Crippen molar-refractivity contribution >= 4 is 23.7 Å². The second-order valence-corrected chi connectivity index (χ2v) is 8.42. The molecule has 2 aliphatic heterocycles. The number of esters is 1. The van der Waals surface area contributed by atoms with Crippen molar-refractivity contribution in [2.24, 2.45) is 0 Å². The molecular formula is C25H25N5O5. The van der Waals surface area contributed by atoms with E-state index < -0.39 is 17.9 Å². The van der Waals surface area contributed by atoms with Crippen LogP contribution in [0.4, 0.5) is 5.95 Å². The maximum absolute atomic E-state index is 13.1. The molecule has 0 spiro atoms. The largest absolute Gasteiger partial charge is 0.459 e. The number of amides is 2. The second-order valence-electron chi connectivity index (χ2n) is 8.42. The number of hydrogen-bond acceptors (Lipinski definition) is 8. The lowest BCUT2D eigenvalue weighted by Gasteiger charge is -2.36. The molecule has 2 aliphatic rings. The van der Waals surface area contributed by atoms with E-state index >= 15 is 0 Å². The number of hydrogen-bond donors (Lipinski definition) is 0. The Morgan fingerprint density at radius 3 is 2.40 bits per heavy atom. The molecule has 1 atom stereocenters. The van der Waals surface area contributed by atoms with Crippen molar-refractivity contribution < 1.29 is 23.5 Å². The average Bonchev–Trinajstić information content (AvgIpc) is 3.46. The van der Waals surface area contributed by atoms with E-state index in [1.807, 2.05) is 29.2 Å². The Balaban J connectivity index is 1.21. The van der Waals surface area contributed by atoms with E-state index in [4.69, 9.17) is 9.15 Å². The van der Waals surface area contributed by atoms with Crippen LogP contribution in [0.3, 0.4) is 0 Å². The number of fused-ring (bicyclic) bond motifs is 1. The monoisotopic (exact) mass is 475 g/mol. The van der Waals surface area contributed by atoms with Crippen molar-refractivity contribution in [2.45, 2.75) is 19.0 Å². The number of furan rings is 1. The van der Waals surface area contributed by atoms with E-state index in [0.29, 0.717) is 38.5 Å². The Morgan fingerprint density at radius 2 is 1.69 bits per heavy atom. The zero-order valence-electron chi connectivity index (χ0n) is 19.1. The molecule has 1 unspecified atom stereocenters. The van der Waals surface area contributed by atoms with Crippen LogP contribution in [0.25, 0.3) is 0 Å². The lowest BCUT2D eigenvalue weighted by Crippen LogP contribution is -2.52. The summed E-state index contributed by atoms with van der Waals surface area (Å²) in [4.78, 5) is 52.5. The summed E-state index contributed by atoms with van der Waals surface area (Å²) in [6.07, 6.45) is 5.10. The maximum Gasteiger partial charge on any atom is 0.329 e. The highest BCUT2D eigenvalue weighted by Crippen LogP contribution is 2.26. The van der Waals surface area contributed by atoms with Crippen molar-refractivity contribution in [1.82, 2.24) is 19.8 Å². The number of anilines is 1. The van der Waals surface area contributed by atoms with Crippen LogP contribution in [-0.4, -0.2) is 76.4 Å². The zero-order chi connectivity index (χ0) is 24.2. The Labute approximate surface area is 202 Å². The van der Waals surface area contributed by atoms with E-state index in [1.165, 1.54) is 11.2 Å². The van der Waals surface area contributed by atoms with Gasteiger partial charge in [0.15, 0.2) is 12.4 Å². The summed E-state index contributed by atoms with van der Waals surface area (Å²) in [5.74, 6) is -0.489. The van der Waals surface area contributed by atoms with Gasteiger partial charge in [0.05, 0.1) is 6.26 Å². The Morgan fingerprint density at radius 1 is 0.943 bits per heavy atom. The second kappa shape index (κ2) is 9.96. The van der Waals surface area contributed by atoms with Gasteiger partial charge in [-0.25, -0.2) is 14.8 Å². The first-order valence-electron chi connectivity index (χ1n) is 11.5. The van der Waals surface area contributed by atoms with Gasteiger partial charge in [-0.15, -0.1) is 0 Å². The van der Waals surface area contributed by atoms with Crippen LogP contribution < -0.4 is 4.90 Å². The first-order valence-corrected chi connectivity index (χ1v) is 11.5. The van der Waals surface area contributed by atoms with Crippen LogP contribution in [0.5, 0.6) is 0 Å². The summed E-state index contributed by atoms with van der Waals surface area (Å²) in [6, 6.07) is 11.8. The Bertz CT molecular complexity index is 1190. The molecule has 35 heavy (non-hydrogen) atoms. The fourth-order valence-electron chi connectivity index (χ4n) is 4.42. The van der Waals surface area contributed by atoms with E-state index in [1.54, 1.807) is 35.5 Å². The molecule has 3 aromatic rings. The smallest absolute Gasteiger partial charge is 0.329 e. The summed E-state index contributed by atoms with van der Waals surface area (Å²) >= 11 is 0. The third-order valence-corrected chi connectivity index (χ3v) is 6.32. The third-order valence-electron chi connectivity index (χ3n) is 6.32. The lowest BCUT2D eigenvalue weighted by atomic mass is 9.93. The molecule has 1 aromatic carbocycles. The fraction of sp³-hybridized carbons (Fsp3) is 0.320. The van der Waals surface area contributed by atoms with E-state index in [9.17, 15) is 14.4 Å². The van der Waals surface area contributed by atoms with Crippen molar-refractivity contribution in [1.29, 1.82) is 0 Å². The van der Waals surface area contributed by atoms with Crippen LogP contribution in [0.2, 0.25) is 0 Å². The van der Waals surface area contributed by atoms with Crippen LogP contribution >= 0.6 is 0 Å². The summed E-state index contributed by atoms with van der Waals surface area (Å²) in [6.45, 7) is 2.03. The normalized spacial score (nSPS) is 17.6. The van der Waals surface area contributed by atoms with Gasteiger partial charge in [0, 0.05) is 51.5 Å². The summed E-state index contributed by atoms with van der Waals surface area (Å²) in [5.41, 5.74) is 1.94. The van der Waals surface area contributed by atoms with Crippen LogP contribution in [0.15, 0.2) is 65.5 Å². The lowest BCUT2D eigenvalue weighted by molar-refractivity contribution is -0.156. The first kappa shape index (κ1) is 22.6. The molecule has 180 valence electrons. The number of aromatic nitrogens is 2. The highest BCUT2D eigenvalue weighted by atomic mass is 16.5. The van der Waals surface area contributed by atoms with Crippen molar-refractivity contribution in [3.8, 4) is 0 Å². The molecule has 0 radical (unpaired) electrons. The molecule has 10 nitrogen and oxygen atoms in total. The molecule has 0 saturated carbocycles. The van der Waals surface area contributed by atoms with Gasteiger partial charge in [-0.2, -0.15) is 0 Å². The molecule has 1 saturated heterocycles. The maximum atomic E-state index is 13.1. The molecule has 4 heterocycles. The summed E-state index contributed by atoms with van der Waals surface area (Å²) in [7, 11) is 0. The third kappa shape index (κ3) is 4.86. The van der Waals surface area contributed by atoms with Gasteiger partial charge in [-0.1, -0.05) is 24.3 Å². The predicted octanol–water partition coefficient (Wildman–Crippen LogP) is 1.53. The number of carbonyl (C=O) groups is 3. The molecule has 10 heteroatoms. The SMILES string of the molecule is O=C(OCC(=O)N1CCN(c2ncccn2)CC1)C1Cc2ccccc2CN1C(=O)c1ccco1. The van der Waals surface area contributed by atoms with Crippen LogP contribution in [-0.2, 0) is 27.3 Å². The number of carbonyl (C=O) groups excluding carboxylic acids is 3. The van der Waals surface area contributed by atoms with Gasteiger partial charge in [-0.05, 0) is 29.3 Å². The molecule has 0 aliphatic carbocycles. The molecular weight excluding hydrogens is 450 g/mol. The quantitative estimate of drug-likeness (QED) is 0.511. The number of benzene rings is 1. The van der Waals surface area contributed by atoms with Crippen molar-refractivity contribution in [3.05, 3.63) is 78.0 Å². The minimum atomic E-state index is -0.845. The average molecular weight is 476 g/mol. The topological polar surface area (TPSA) is 109 Å². The standard InChI is InChI=1S/C25H25N5O5/c31-22(28-10-12-29(13-11-28)25-26-8-4-9-27-25)17-35-24(33)20-15-18-5-1-2-6-19(18)16-30(20)23(32)21-7-3-14-34-21/h1-9,14,20H,10-13,15-17H2. The van der Waals surface area contributed by atoms with Gasteiger partial charge in [-0.3, -0.25) is 9.59 Å². The number of nitrogens with zero attached hydrogens (tertiary/aromatic N) is 5. The van der Waals surface area contributed by atoms with Crippen molar-refractivity contribution in [2.75, 3.05) is 37.7 Å².